The number of fused-ring (bicyclic) bond motifs is 3. The minimum absolute atomic E-state index is 0.0216. The van der Waals surface area contributed by atoms with E-state index in [-0.39, 0.29) is 27.1 Å². The lowest BCUT2D eigenvalue weighted by atomic mass is 9.80. The van der Waals surface area contributed by atoms with Crippen molar-refractivity contribution in [2.75, 3.05) is 4.90 Å². The average molecular weight is 815 g/mol. The molecule has 0 aliphatic carbocycles. The third-order valence-electron chi connectivity index (χ3n) is 13.5. The molecule has 0 N–H and O–H groups in total. The lowest BCUT2D eigenvalue weighted by Gasteiger charge is -2.32. The second kappa shape index (κ2) is 14.0. The van der Waals surface area contributed by atoms with Gasteiger partial charge >= 0.3 is 0 Å². The fourth-order valence-corrected chi connectivity index (χ4v) is 9.52. The van der Waals surface area contributed by atoms with Crippen LogP contribution in [0.4, 0.5) is 17.1 Å². The van der Waals surface area contributed by atoms with Crippen LogP contribution in [0.15, 0.2) is 127 Å². The van der Waals surface area contributed by atoms with E-state index in [1.807, 2.05) is 0 Å². The van der Waals surface area contributed by atoms with Gasteiger partial charge in [0.05, 0.1) is 22.4 Å². The zero-order chi connectivity index (χ0) is 44.5. The third kappa shape index (κ3) is 7.04. The van der Waals surface area contributed by atoms with Crippen LogP contribution < -0.4 is 4.90 Å². The molecule has 9 aromatic rings. The van der Waals surface area contributed by atoms with Gasteiger partial charge in [0.25, 0.3) is 0 Å². The van der Waals surface area contributed by atoms with Crippen LogP contribution in [0, 0.1) is 0 Å². The van der Waals surface area contributed by atoms with Crippen LogP contribution in [0.1, 0.15) is 132 Å². The molecule has 2 nitrogen and oxygen atoms in total. The van der Waals surface area contributed by atoms with E-state index >= 15 is 0 Å². The molecule has 0 saturated heterocycles. The Bertz CT molecular complexity index is 3070. The Hall–Kier alpha value is -5.60. The zero-order valence-corrected chi connectivity index (χ0v) is 40.0. The molecule has 0 saturated carbocycles. The van der Waals surface area contributed by atoms with Gasteiger partial charge in [-0.2, -0.15) is 0 Å². The second-order valence-electron chi connectivity index (χ2n) is 23.3. The van der Waals surface area contributed by atoms with Gasteiger partial charge in [0.1, 0.15) is 0 Å². The summed E-state index contributed by atoms with van der Waals surface area (Å²) >= 11 is 0. The largest absolute Gasteiger partial charge is 0.310 e. The van der Waals surface area contributed by atoms with Crippen molar-refractivity contribution in [1.29, 1.82) is 0 Å². The molecule has 0 amide bonds. The van der Waals surface area contributed by atoms with Crippen molar-refractivity contribution in [3.05, 3.63) is 155 Å². The molecule has 0 unspecified atom stereocenters. The van der Waals surface area contributed by atoms with Crippen molar-refractivity contribution in [2.24, 2.45) is 0 Å². The molecule has 1 aromatic heterocycles. The summed E-state index contributed by atoms with van der Waals surface area (Å²) in [5, 5.41) is 10.3. The molecule has 0 spiro atoms. The van der Waals surface area contributed by atoms with Crippen molar-refractivity contribution in [3.8, 4) is 5.69 Å². The fraction of sp³-hybridized carbons (Fsp3) is 0.333. The highest BCUT2D eigenvalue weighted by Crippen LogP contribution is 2.48. The van der Waals surface area contributed by atoms with Crippen LogP contribution in [0.2, 0.25) is 0 Å². The first-order valence-corrected chi connectivity index (χ1v) is 22.8. The lowest BCUT2D eigenvalue weighted by molar-refractivity contribution is 0.568. The van der Waals surface area contributed by atoms with Gasteiger partial charge in [-0.1, -0.05) is 171 Å². The summed E-state index contributed by atoms with van der Waals surface area (Å²) in [4.78, 5) is 2.52. The summed E-state index contributed by atoms with van der Waals surface area (Å²) in [5.74, 6) is 0. The molecule has 0 aliphatic rings. The van der Waals surface area contributed by atoms with Gasteiger partial charge in [-0.25, -0.2) is 0 Å². The predicted octanol–water partition coefficient (Wildman–Crippen LogP) is 17.6. The first-order chi connectivity index (χ1) is 28.9. The minimum atomic E-state index is -0.0216. The maximum absolute atomic E-state index is 2.53. The van der Waals surface area contributed by atoms with Crippen LogP contribution in [-0.2, 0) is 27.1 Å². The van der Waals surface area contributed by atoms with Crippen molar-refractivity contribution < 1.29 is 0 Å². The van der Waals surface area contributed by atoms with Crippen LogP contribution >= 0.6 is 0 Å². The first kappa shape index (κ1) is 41.7. The fourth-order valence-electron chi connectivity index (χ4n) is 9.52. The molecule has 0 fully saturated rings. The van der Waals surface area contributed by atoms with E-state index in [0.717, 1.165) is 5.69 Å². The van der Waals surface area contributed by atoms with Crippen LogP contribution in [0.5, 0.6) is 0 Å². The van der Waals surface area contributed by atoms with E-state index in [0.29, 0.717) is 0 Å². The van der Waals surface area contributed by atoms with Gasteiger partial charge in [0.15, 0.2) is 0 Å². The van der Waals surface area contributed by atoms with Gasteiger partial charge in [0, 0.05) is 32.9 Å². The number of hydrogen-bond donors (Lipinski definition) is 0. The number of rotatable bonds is 4. The number of benzene rings is 8. The van der Waals surface area contributed by atoms with Gasteiger partial charge in [-0.05, 0) is 137 Å². The summed E-state index contributed by atoms with van der Waals surface area (Å²) in [6.07, 6.45) is 0. The Balaban J connectivity index is 1.34. The zero-order valence-electron chi connectivity index (χ0n) is 40.0. The highest BCUT2D eigenvalue weighted by molar-refractivity contribution is 6.27. The van der Waals surface area contributed by atoms with Gasteiger partial charge < -0.3 is 9.47 Å². The highest BCUT2D eigenvalue weighted by atomic mass is 15.1. The maximum atomic E-state index is 2.53. The summed E-state index contributed by atoms with van der Waals surface area (Å²) < 4.78 is 2.53. The maximum Gasteiger partial charge on any atom is 0.0541 e. The standard InChI is InChI=1S/C60H66N2/c1-56(2,3)39-20-24-44(25-21-39)61(45-33-42(59(10,11)12)32-43(34-45)60(13,14)15)50-28-18-37-17-27-47-51(29-19-38-16-26-46(50)54(37)55(38)47)62-52-30-22-40(57(4,5)6)35-48(52)49-36-41(58(7,8)9)23-31-53(49)62/h16-36H,1-15H3. The SMILES string of the molecule is CC(C)(C)c1ccc(N(c2cc(C(C)(C)C)cc(C(C)(C)C)c2)c2ccc3ccc4c(-n5c6ccc(C(C)(C)C)cc6c6cc(C(C)(C)C)ccc65)ccc5ccc2c3c54)cc1. The summed E-state index contributed by atoms with van der Waals surface area (Å²) in [6.45, 7) is 34.8. The summed E-state index contributed by atoms with van der Waals surface area (Å²) in [7, 11) is 0. The van der Waals surface area contributed by atoms with Gasteiger partial charge in [0.2, 0.25) is 0 Å². The molecule has 0 atom stereocenters. The second-order valence-corrected chi connectivity index (χ2v) is 23.3. The van der Waals surface area contributed by atoms with Crippen molar-refractivity contribution in [2.45, 2.75) is 131 Å². The Morgan fingerprint density at radius 2 is 0.742 bits per heavy atom. The molecule has 1 heterocycles. The summed E-state index contributed by atoms with van der Waals surface area (Å²) in [5.41, 5.74) is 14.1. The van der Waals surface area contributed by atoms with E-state index in [4.69, 9.17) is 0 Å². The van der Waals surface area contributed by atoms with Gasteiger partial charge in [-0.15, -0.1) is 0 Å². The van der Waals surface area contributed by atoms with E-state index in [1.54, 1.807) is 0 Å². The van der Waals surface area contributed by atoms with Crippen LogP contribution in [-0.4, -0.2) is 4.57 Å². The molecule has 0 radical (unpaired) electrons. The van der Waals surface area contributed by atoms with Crippen LogP contribution in [0.25, 0.3) is 59.8 Å². The first-order valence-electron chi connectivity index (χ1n) is 22.8. The smallest absolute Gasteiger partial charge is 0.0541 e. The number of aromatic nitrogens is 1. The highest BCUT2D eigenvalue weighted by Gasteiger charge is 2.27. The van der Waals surface area contributed by atoms with Crippen molar-refractivity contribution in [3.63, 3.8) is 0 Å². The quantitative estimate of drug-likeness (QED) is 0.161. The van der Waals surface area contributed by atoms with E-state index in [2.05, 4.69) is 241 Å². The normalized spacial score (nSPS) is 13.4. The van der Waals surface area contributed by atoms with E-state index < -0.39 is 0 Å². The number of anilines is 3. The average Bonchev–Trinajstić information content (AvgIpc) is 3.52. The van der Waals surface area contributed by atoms with E-state index in [9.17, 15) is 0 Å². The molecular weight excluding hydrogens is 749 g/mol. The number of hydrogen-bond acceptors (Lipinski definition) is 1. The van der Waals surface area contributed by atoms with Gasteiger partial charge in [-0.3, -0.25) is 0 Å². The molecule has 62 heavy (non-hydrogen) atoms. The predicted molar refractivity (Wildman–Crippen MR) is 273 cm³/mol. The van der Waals surface area contributed by atoms with Crippen molar-refractivity contribution in [1.82, 2.24) is 4.57 Å². The monoisotopic (exact) mass is 815 g/mol. The molecule has 0 aliphatic heterocycles. The molecular formula is C60H66N2. The summed E-state index contributed by atoms with van der Waals surface area (Å²) in [6, 6.07) is 49.7. The Kier molecular flexibility index (Phi) is 9.39. The number of nitrogens with zero attached hydrogens (tertiary/aromatic N) is 2. The molecule has 8 aromatic carbocycles. The van der Waals surface area contributed by atoms with Crippen LogP contribution in [0.3, 0.4) is 0 Å². The van der Waals surface area contributed by atoms with Crippen molar-refractivity contribution >= 4 is 71.2 Å². The molecule has 2 heteroatoms. The van der Waals surface area contributed by atoms with E-state index in [1.165, 1.54) is 99.0 Å². The molecule has 9 rings (SSSR count). The third-order valence-corrected chi connectivity index (χ3v) is 13.5. The minimum Gasteiger partial charge on any atom is -0.310 e. The Labute approximate surface area is 370 Å². The Morgan fingerprint density at radius 1 is 0.323 bits per heavy atom. The topological polar surface area (TPSA) is 8.17 Å². The molecule has 0 bridgehead atoms. The Morgan fingerprint density at radius 3 is 1.23 bits per heavy atom. The lowest BCUT2D eigenvalue weighted by Crippen LogP contribution is -2.19. The molecule has 316 valence electrons.